The van der Waals surface area contributed by atoms with Crippen molar-refractivity contribution in [2.24, 2.45) is 0 Å². The van der Waals surface area contributed by atoms with Crippen LogP contribution in [0.2, 0.25) is 0 Å². The highest BCUT2D eigenvalue weighted by Gasteiger charge is 2.45. The Morgan fingerprint density at radius 2 is 0.970 bits per heavy atom. The zero-order chi connectivity index (χ0) is 23.0. The molecule has 0 aromatic heterocycles. The van der Waals surface area contributed by atoms with Gasteiger partial charge in [-0.3, -0.25) is 0 Å². The van der Waals surface area contributed by atoms with Crippen molar-refractivity contribution < 1.29 is 19.1 Å². The van der Waals surface area contributed by atoms with Gasteiger partial charge in [-0.1, -0.05) is 74.9 Å². The zero-order valence-corrected chi connectivity index (χ0v) is 19.2. The molecular weight excluding hydrogens is 416 g/mol. The van der Waals surface area contributed by atoms with Crippen molar-refractivity contribution in [2.45, 2.75) is 81.7 Å². The Labute approximate surface area is 196 Å². The monoisotopic (exact) mass is 450 g/mol. The molecule has 176 valence electrons. The zero-order valence-electron chi connectivity index (χ0n) is 19.2. The van der Waals surface area contributed by atoms with Crippen molar-refractivity contribution >= 4 is 12.2 Å². The molecule has 2 amide bonds. The summed E-state index contributed by atoms with van der Waals surface area (Å²) in [6, 6.07) is 18.3. The lowest BCUT2D eigenvalue weighted by molar-refractivity contribution is 0.108. The molecule has 2 N–H and O–H groups in total. The molecular formula is C27H34N2O4. The smallest absolute Gasteiger partial charge is 0.410 e. The molecule has 0 saturated heterocycles. The van der Waals surface area contributed by atoms with Crippen LogP contribution in [0.3, 0.4) is 0 Å². The van der Waals surface area contributed by atoms with Gasteiger partial charge in [0.15, 0.2) is 0 Å². The van der Waals surface area contributed by atoms with E-state index in [2.05, 4.69) is 10.6 Å². The fraction of sp³-hybridized carbons (Fsp3) is 0.481. The van der Waals surface area contributed by atoms with E-state index < -0.39 is 23.3 Å². The molecule has 0 heterocycles. The number of rotatable bonds is 6. The molecule has 0 spiro atoms. The van der Waals surface area contributed by atoms with Gasteiger partial charge >= 0.3 is 12.2 Å². The quantitative estimate of drug-likeness (QED) is 0.537. The van der Waals surface area contributed by atoms with Crippen LogP contribution >= 0.6 is 0 Å². The Balaban J connectivity index is 1.48. The number of hydrogen-bond acceptors (Lipinski definition) is 4. The number of benzene rings is 2. The minimum atomic E-state index is -0.430. The molecule has 0 radical (unpaired) electrons. The van der Waals surface area contributed by atoms with Gasteiger partial charge in [0.1, 0.15) is 11.5 Å². The summed E-state index contributed by atoms with van der Waals surface area (Å²) in [5, 5.41) is 6.45. The molecule has 2 aromatic carbocycles. The van der Waals surface area contributed by atoms with Gasteiger partial charge in [-0.25, -0.2) is 9.59 Å². The highest BCUT2D eigenvalue weighted by Crippen LogP contribution is 2.41. The summed E-state index contributed by atoms with van der Waals surface area (Å²) in [7, 11) is 0. The third-order valence-corrected chi connectivity index (χ3v) is 6.94. The molecule has 0 bridgehead atoms. The average Bonchev–Trinajstić information content (AvgIpc) is 2.81. The summed E-state index contributed by atoms with van der Waals surface area (Å²) in [5.41, 5.74) is -0.803. The van der Waals surface area contributed by atoms with Gasteiger partial charge < -0.3 is 20.1 Å². The summed E-state index contributed by atoms with van der Waals surface area (Å²) in [6.07, 6.45) is 9.89. The lowest BCUT2D eigenvalue weighted by atomic mass is 9.68. The normalized spacial score (nSPS) is 19.2. The lowest BCUT2D eigenvalue weighted by Gasteiger charge is -2.47. The Morgan fingerprint density at radius 3 is 1.33 bits per heavy atom. The number of carbonyl (C=O) groups excluding carboxylic acids is 2. The third-order valence-electron chi connectivity index (χ3n) is 6.94. The highest BCUT2D eigenvalue weighted by atomic mass is 16.6. The Kier molecular flexibility index (Phi) is 7.53. The van der Waals surface area contributed by atoms with E-state index >= 15 is 0 Å². The lowest BCUT2D eigenvalue weighted by Crippen LogP contribution is -2.60. The molecule has 6 heteroatoms. The standard InChI is InChI=1S/C27H34N2O4/c30-24(32-22-13-5-1-6-14-22)28-26(17-9-3-10-18-26)21-27(19-11-4-12-20-27)29-25(31)33-23-15-7-2-8-16-23/h1-2,5-8,13-16H,3-4,9-12,17-21H2,(H,28,30)(H,29,31). The van der Waals surface area contributed by atoms with Gasteiger partial charge in [-0.05, 0) is 56.4 Å². The van der Waals surface area contributed by atoms with Crippen LogP contribution in [0.4, 0.5) is 9.59 Å². The topological polar surface area (TPSA) is 76.7 Å². The van der Waals surface area contributed by atoms with Crippen LogP contribution < -0.4 is 20.1 Å². The Bertz CT molecular complexity index is 829. The number of carbonyl (C=O) groups is 2. The number of nitrogens with one attached hydrogen (secondary N) is 2. The molecule has 2 saturated carbocycles. The van der Waals surface area contributed by atoms with Crippen LogP contribution in [-0.2, 0) is 0 Å². The van der Waals surface area contributed by atoms with Gasteiger partial charge in [-0.15, -0.1) is 0 Å². The minimum absolute atomic E-state index is 0.401. The average molecular weight is 451 g/mol. The first-order valence-corrected chi connectivity index (χ1v) is 12.2. The molecule has 2 aliphatic rings. The van der Waals surface area contributed by atoms with Crippen LogP contribution in [0.25, 0.3) is 0 Å². The Hall–Kier alpha value is -3.02. The first-order chi connectivity index (χ1) is 16.1. The van der Waals surface area contributed by atoms with E-state index in [0.717, 1.165) is 64.2 Å². The molecule has 33 heavy (non-hydrogen) atoms. The second-order valence-corrected chi connectivity index (χ2v) is 9.51. The minimum Gasteiger partial charge on any atom is -0.410 e. The van der Waals surface area contributed by atoms with Gasteiger partial charge in [-0.2, -0.15) is 0 Å². The summed E-state index contributed by atoms with van der Waals surface area (Å²) in [4.78, 5) is 25.7. The second-order valence-electron chi connectivity index (χ2n) is 9.51. The molecule has 2 fully saturated rings. The van der Waals surface area contributed by atoms with Crippen LogP contribution in [0.5, 0.6) is 11.5 Å². The molecule has 0 atom stereocenters. The van der Waals surface area contributed by atoms with E-state index in [4.69, 9.17) is 9.47 Å². The predicted molar refractivity (Wildman–Crippen MR) is 127 cm³/mol. The molecule has 6 nitrogen and oxygen atoms in total. The summed E-state index contributed by atoms with van der Waals surface area (Å²) in [6.45, 7) is 0. The van der Waals surface area contributed by atoms with Crippen molar-refractivity contribution in [2.75, 3.05) is 0 Å². The van der Waals surface area contributed by atoms with E-state index in [-0.39, 0.29) is 0 Å². The SMILES string of the molecule is O=C(NC1(CC2(NC(=O)Oc3ccccc3)CCCCC2)CCCCC1)Oc1ccccc1. The number of amides is 2. The largest absolute Gasteiger partial charge is 0.413 e. The maximum Gasteiger partial charge on any atom is 0.413 e. The molecule has 0 unspecified atom stereocenters. The van der Waals surface area contributed by atoms with E-state index in [1.165, 1.54) is 0 Å². The number of para-hydroxylation sites is 2. The molecule has 4 rings (SSSR count). The fourth-order valence-corrected chi connectivity index (χ4v) is 5.47. The van der Waals surface area contributed by atoms with Gasteiger partial charge in [0.25, 0.3) is 0 Å². The molecule has 0 aliphatic heterocycles. The van der Waals surface area contributed by atoms with E-state index in [0.29, 0.717) is 17.9 Å². The second kappa shape index (κ2) is 10.7. The number of hydrogen-bond donors (Lipinski definition) is 2. The maximum atomic E-state index is 12.8. The van der Waals surface area contributed by atoms with Crippen LogP contribution in [0, 0.1) is 0 Å². The van der Waals surface area contributed by atoms with Crippen molar-refractivity contribution in [3.05, 3.63) is 60.7 Å². The Morgan fingerprint density at radius 1 is 0.606 bits per heavy atom. The van der Waals surface area contributed by atoms with E-state index in [9.17, 15) is 9.59 Å². The van der Waals surface area contributed by atoms with Gasteiger partial charge in [0, 0.05) is 11.1 Å². The highest BCUT2D eigenvalue weighted by molar-refractivity contribution is 5.72. The molecule has 2 aromatic rings. The summed E-state index contributed by atoms with van der Waals surface area (Å²) in [5.74, 6) is 1.05. The van der Waals surface area contributed by atoms with E-state index in [1.54, 1.807) is 24.3 Å². The van der Waals surface area contributed by atoms with Crippen molar-refractivity contribution in [1.29, 1.82) is 0 Å². The van der Waals surface area contributed by atoms with Crippen molar-refractivity contribution in [3.8, 4) is 11.5 Å². The summed E-state index contributed by atoms with van der Waals surface area (Å²) < 4.78 is 11.1. The van der Waals surface area contributed by atoms with E-state index in [1.807, 2.05) is 36.4 Å². The maximum absolute atomic E-state index is 12.8. The van der Waals surface area contributed by atoms with Crippen LogP contribution in [0.15, 0.2) is 60.7 Å². The first-order valence-electron chi connectivity index (χ1n) is 12.2. The van der Waals surface area contributed by atoms with Gasteiger partial charge in [0.2, 0.25) is 0 Å². The van der Waals surface area contributed by atoms with Crippen LogP contribution in [0.1, 0.15) is 70.6 Å². The molecule has 2 aliphatic carbocycles. The van der Waals surface area contributed by atoms with Gasteiger partial charge in [0.05, 0.1) is 0 Å². The predicted octanol–water partition coefficient (Wildman–Crippen LogP) is 6.36. The third kappa shape index (κ3) is 6.50. The fourth-order valence-electron chi connectivity index (χ4n) is 5.47. The van der Waals surface area contributed by atoms with Crippen LogP contribution in [-0.4, -0.2) is 23.3 Å². The number of ether oxygens (including phenoxy) is 2. The summed E-state index contributed by atoms with van der Waals surface area (Å²) >= 11 is 0. The van der Waals surface area contributed by atoms with Crippen molar-refractivity contribution in [3.63, 3.8) is 0 Å². The van der Waals surface area contributed by atoms with Crippen molar-refractivity contribution in [1.82, 2.24) is 10.6 Å². The first kappa shape index (κ1) is 23.1.